The largest absolute Gasteiger partial charge is 0.460 e. The van der Waals surface area contributed by atoms with Crippen LogP contribution in [-0.4, -0.2) is 55.2 Å². The van der Waals surface area contributed by atoms with Crippen molar-refractivity contribution in [3.05, 3.63) is 12.7 Å². The molecule has 1 aliphatic heterocycles. The number of amides is 1. The maximum atomic E-state index is 14.1. The first-order valence-corrected chi connectivity index (χ1v) is 16.7. The lowest BCUT2D eigenvalue weighted by Gasteiger charge is -2.41. The van der Waals surface area contributed by atoms with Gasteiger partial charge in [-0.15, -0.1) is 6.58 Å². The van der Waals surface area contributed by atoms with Crippen LogP contribution in [-0.2, 0) is 18.7 Å². The van der Waals surface area contributed by atoms with Crippen LogP contribution in [0.25, 0.3) is 0 Å². The molecule has 7 heteroatoms. The van der Waals surface area contributed by atoms with Crippen molar-refractivity contribution in [1.29, 1.82) is 0 Å². The Balaban J connectivity index is 2.44. The van der Waals surface area contributed by atoms with E-state index >= 15 is 0 Å². The molecule has 0 unspecified atom stereocenters. The molecule has 0 aromatic carbocycles. The summed E-state index contributed by atoms with van der Waals surface area (Å²) in [5.41, 5.74) is -1.86. The number of carbonyl (C=O) groups excluding carboxylic acids is 2. The van der Waals surface area contributed by atoms with Crippen LogP contribution in [0.4, 0.5) is 4.79 Å². The molecule has 1 amide bonds. The van der Waals surface area contributed by atoms with Crippen LogP contribution in [0.5, 0.6) is 0 Å². The van der Waals surface area contributed by atoms with Crippen LogP contribution < -0.4 is 0 Å². The number of likely N-dealkylation sites (tertiary alicyclic amines) is 1. The summed E-state index contributed by atoms with van der Waals surface area (Å²) in [6.07, 6.45) is 4.56. The van der Waals surface area contributed by atoms with Gasteiger partial charge in [0.2, 0.25) is 0 Å². The molecular formula is C29H53NO5Si. The predicted octanol–water partition coefficient (Wildman–Crippen LogP) is 7.34. The molecular weight excluding hydrogens is 470 g/mol. The van der Waals surface area contributed by atoms with E-state index in [-0.39, 0.29) is 23.2 Å². The van der Waals surface area contributed by atoms with E-state index in [9.17, 15) is 9.59 Å². The topological polar surface area (TPSA) is 65.1 Å². The Kier molecular flexibility index (Phi) is 9.59. The Morgan fingerprint density at radius 1 is 1.14 bits per heavy atom. The van der Waals surface area contributed by atoms with Crippen molar-refractivity contribution in [1.82, 2.24) is 4.90 Å². The lowest BCUT2D eigenvalue weighted by atomic mass is 9.75. The minimum atomic E-state index is -2.14. The van der Waals surface area contributed by atoms with E-state index in [1.807, 2.05) is 20.8 Å². The molecule has 0 N–H and O–H groups in total. The summed E-state index contributed by atoms with van der Waals surface area (Å²) < 4.78 is 18.9. The summed E-state index contributed by atoms with van der Waals surface area (Å²) in [6, 6.07) is 0. The zero-order valence-corrected chi connectivity index (χ0v) is 25.9. The van der Waals surface area contributed by atoms with Gasteiger partial charge in [0.1, 0.15) is 17.2 Å². The second kappa shape index (κ2) is 11.2. The molecule has 1 aliphatic carbocycles. The average molecular weight is 524 g/mol. The van der Waals surface area contributed by atoms with E-state index in [0.717, 1.165) is 19.3 Å². The fraction of sp³-hybridized carbons (Fsp3) is 0.862. The summed E-state index contributed by atoms with van der Waals surface area (Å²) in [5, 5.41) is 0.0106. The van der Waals surface area contributed by atoms with Crippen molar-refractivity contribution in [3.8, 4) is 0 Å². The first kappa shape index (κ1) is 30.9. The van der Waals surface area contributed by atoms with Crippen molar-refractivity contribution < 1.29 is 23.5 Å². The van der Waals surface area contributed by atoms with Gasteiger partial charge in [0.05, 0.1) is 12.6 Å². The van der Waals surface area contributed by atoms with Gasteiger partial charge >= 0.3 is 12.1 Å². The molecule has 36 heavy (non-hydrogen) atoms. The standard InChI is InChI=1S/C29H53NO5Si/c1-13-16-29(25(31)33-24-17-21(4)14-15-23(24)20(2)3)18-22(35-36(11,12)28(8,9)10)19-30(29)26(32)34-27(5,6)7/h13,20-24H,1,14-19H2,2-12H3/t21-,22-,23+,24-,29+/m1/s1. The lowest BCUT2D eigenvalue weighted by Crippen LogP contribution is -2.56. The normalized spacial score (nSPS) is 29.8. The first-order valence-electron chi connectivity index (χ1n) is 13.8. The molecule has 0 bridgehead atoms. The summed E-state index contributed by atoms with van der Waals surface area (Å²) in [7, 11) is -2.14. The first-order chi connectivity index (χ1) is 16.3. The van der Waals surface area contributed by atoms with Gasteiger partial charge in [-0.1, -0.05) is 54.0 Å². The van der Waals surface area contributed by atoms with Crippen LogP contribution in [0.2, 0.25) is 18.1 Å². The van der Waals surface area contributed by atoms with Crippen LogP contribution in [0.15, 0.2) is 12.7 Å². The van der Waals surface area contributed by atoms with Gasteiger partial charge in [-0.2, -0.15) is 0 Å². The molecule has 1 saturated heterocycles. The highest BCUT2D eigenvalue weighted by molar-refractivity contribution is 6.74. The Morgan fingerprint density at radius 2 is 1.75 bits per heavy atom. The molecule has 5 atom stereocenters. The Bertz CT molecular complexity index is 796. The second-order valence-electron chi connectivity index (χ2n) is 14.1. The molecule has 6 nitrogen and oxygen atoms in total. The molecule has 0 radical (unpaired) electrons. The number of hydrogen-bond acceptors (Lipinski definition) is 5. The monoisotopic (exact) mass is 523 g/mol. The number of esters is 1. The third-order valence-electron chi connectivity index (χ3n) is 8.43. The third-order valence-corrected chi connectivity index (χ3v) is 13.0. The highest BCUT2D eigenvalue weighted by atomic mass is 28.4. The van der Waals surface area contributed by atoms with E-state index < -0.39 is 25.6 Å². The summed E-state index contributed by atoms with van der Waals surface area (Å²) in [5.74, 6) is 0.903. The van der Waals surface area contributed by atoms with E-state index in [0.29, 0.717) is 37.1 Å². The van der Waals surface area contributed by atoms with Gasteiger partial charge in [0, 0.05) is 6.42 Å². The van der Waals surface area contributed by atoms with Gasteiger partial charge in [0.25, 0.3) is 0 Å². The molecule has 1 saturated carbocycles. The minimum absolute atomic E-state index is 0.0106. The molecule has 2 fully saturated rings. The van der Waals surface area contributed by atoms with Crippen LogP contribution >= 0.6 is 0 Å². The fourth-order valence-corrected chi connectivity index (χ4v) is 6.72. The summed E-state index contributed by atoms with van der Waals surface area (Å²) >= 11 is 0. The van der Waals surface area contributed by atoms with Gasteiger partial charge < -0.3 is 13.9 Å². The number of ether oxygens (including phenoxy) is 2. The molecule has 0 aromatic rings. The minimum Gasteiger partial charge on any atom is -0.460 e. The maximum absolute atomic E-state index is 14.1. The quantitative estimate of drug-likeness (QED) is 0.198. The predicted molar refractivity (Wildman–Crippen MR) is 148 cm³/mol. The van der Waals surface area contributed by atoms with Gasteiger partial charge in [-0.25, -0.2) is 9.59 Å². The van der Waals surface area contributed by atoms with Gasteiger partial charge in [-0.05, 0) is 75.9 Å². The van der Waals surface area contributed by atoms with Gasteiger partial charge in [0.15, 0.2) is 8.32 Å². The van der Waals surface area contributed by atoms with Crippen molar-refractivity contribution in [2.45, 2.75) is 136 Å². The molecule has 1 heterocycles. The number of nitrogens with zero attached hydrogens (tertiary/aromatic N) is 1. The zero-order chi connectivity index (χ0) is 27.7. The van der Waals surface area contributed by atoms with E-state index in [2.05, 4.69) is 61.2 Å². The fourth-order valence-electron chi connectivity index (χ4n) is 5.38. The molecule has 2 rings (SSSR count). The molecule has 2 aliphatic rings. The van der Waals surface area contributed by atoms with E-state index in [1.54, 1.807) is 11.0 Å². The molecule has 208 valence electrons. The average Bonchev–Trinajstić information content (AvgIpc) is 3.04. The van der Waals surface area contributed by atoms with Crippen LogP contribution in [0.1, 0.15) is 94.4 Å². The molecule has 0 aromatic heterocycles. The SMILES string of the molecule is C=CC[C@@]1(C(=O)O[C@@H]2C[C@H](C)CC[C@H]2C(C)C)C[C@@H](O[Si](C)(C)C(C)(C)C)CN1C(=O)OC(C)(C)C. The van der Waals surface area contributed by atoms with E-state index in [1.165, 1.54) is 0 Å². The zero-order valence-electron chi connectivity index (χ0n) is 24.9. The number of hydrogen-bond donors (Lipinski definition) is 0. The third kappa shape index (κ3) is 7.15. The Labute approximate surface area is 221 Å². The lowest BCUT2D eigenvalue weighted by molar-refractivity contribution is -0.168. The van der Waals surface area contributed by atoms with Crippen molar-refractivity contribution in [2.24, 2.45) is 17.8 Å². The van der Waals surface area contributed by atoms with Crippen LogP contribution in [0.3, 0.4) is 0 Å². The van der Waals surface area contributed by atoms with E-state index in [4.69, 9.17) is 13.9 Å². The second-order valence-corrected chi connectivity index (χ2v) is 18.8. The molecule has 0 spiro atoms. The summed E-state index contributed by atoms with van der Waals surface area (Å²) in [4.78, 5) is 29.2. The number of rotatable bonds is 7. The number of carbonyl (C=O) groups is 2. The van der Waals surface area contributed by atoms with Crippen molar-refractivity contribution in [2.75, 3.05) is 6.54 Å². The van der Waals surface area contributed by atoms with Crippen molar-refractivity contribution in [3.63, 3.8) is 0 Å². The maximum Gasteiger partial charge on any atom is 0.411 e. The van der Waals surface area contributed by atoms with Crippen LogP contribution in [0, 0.1) is 17.8 Å². The summed E-state index contributed by atoms with van der Waals surface area (Å²) in [6.45, 7) is 27.4. The van der Waals surface area contributed by atoms with Crippen molar-refractivity contribution >= 4 is 20.4 Å². The Hall–Kier alpha value is -1.34. The Morgan fingerprint density at radius 3 is 2.25 bits per heavy atom. The smallest absolute Gasteiger partial charge is 0.411 e. The highest BCUT2D eigenvalue weighted by Crippen LogP contribution is 2.44. The van der Waals surface area contributed by atoms with Gasteiger partial charge in [-0.3, -0.25) is 4.90 Å². The highest BCUT2D eigenvalue weighted by Gasteiger charge is 2.57.